The van der Waals surface area contributed by atoms with E-state index in [1.54, 1.807) is 24.3 Å². The minimum atomic E-state index is 0.322. The molecular formula is C22H40O2. The highest BCUT2D eigenvalue weighted by atomic mass is 16.3. The molecule has 0 spiro atoms. The van der Waals surface area contributed by atoms with Gasteiger partial charge in [-0.25, -0.2) is 0 Å². The summed E-state index contributed by atoms with van der Waals surface area (Å²) in [5.74, 6) is 0.322. The second-order valence-corrected chi connectivity index (χ2v) is 6.66. The quantitative estimate of drug-likeness (QED) is 0.365. The van der Waals surface area contributed by atoms with Gasteiger partial charge in [-0.05, 0) is 18.6 Å². The van der Waals surface area contributed by atoms with Gasteiger partial charge in [-0.1, -0.05) is 109 Å². The summed E-state index contributed by atoms with van der Waals surface area (Å²) < 4.78 is 0. The van der Waals surface area contributed by atoms with Crippen molar-refractivity contribution in [1.29, 1.82) is 0 Å². The molecular weight excluding hydrogens is 296 g/mol. The molecule has 1 rings (SSSR count). The van der Waals surface area contributed by atoms with Crippen LogP contribution in [0.2, 0.25) is 0 Å². The average molecular weight is 337 g/mol. The van der Waals surface area contributed by atoms with Crippen LogP contribution in [0.15, 0.2) is 30.3 Å². The lowest BCUT2D eigenvalue weighted by molar-refractivity contribution is 0.282. The smallest absolute Gasteiger partial charge is 0.115 e. The zero-order valence-electron chi connectivity index (χ0n) is 15.9. The maximum atomic E-state index is 8.64. The molecule has 0 saturated carbocycles. The van der Waals surface area contributed by atoms with E-state index in [9.17, 15) is 0 Å². The Labute approximate surface area is 150 Å². The fourth-order valence-corrected chi connectivity index (χ4v) is 2.73. The Balaban J connectivity index is 0.000000620. The van der Waals surface area contributed by atoms with Gasteiger partial charge in [0.15, 0.2) is 0 Å². The van der Waals surface area contributed by atoms with E-state index in [4.69, 9.17) is 10.2 Å². The highest BCUT2D eigenvalue weighted by molar-refractivity contribution is 5.18. The number of hydrogen-bond acceptors (Lipinski definition) is 2. The lowest BCUT2D eigenvalue weighted by atomic mass is 10.0. The maximum Gasteiger partial charge on any atom is 0.115 e. The Hall–Kier alpha value is -1.02. The van der Waals surface area contributed by atoms with Crippen LogP contribution in [0, 0.1) is 0 Å². The molecule has 0 aromatic heterocycles. The van der Waals surface area contributed by atoms with Crippen LogP contribution < -0.4 is 0 Å². The van der Waals surface area contributed by atoms with Gasteiger partial charge >= 0.3 is 0 Å². The molecule has 24 heavy (non-hydrogen) atoms. The standard InChI is InChI=1S/C16H34O.C6H6O/c1-2-3-4-5-6-7-8-9-10-11-12-13-14-15-16-17;7-6-4-2-1-3-5-6/h17H,2-16H2,1H3;1-5,7H. The minimum Gasteiger partial charge on any atom is -0.508 e. The van der Waals surface area contributed by atoms with E-state index in [1.807, 2.05) is 6.07 Å². The first kappa shape index (κ1) is 23.0. The van der Waals surface area contributed by atoms with Crippen molar-refractivity contribution in [3.8, 4) is 5.75 Å². The van der Waals surface area contributed by atoms with Crippen molar-refractivity contribution in [2.24, 2.45) is 0 Å². The number of benzene rings is 1. The molecule has 1 aromatic carbocycles. The Morgan fingerprint density at radius 2 is 0.958 bits per heavy atom. The number of rotatable bonds is 14. The molecule has 2 N–H and O–H groups in total. The Morgan fingerprint density at radius 3 is 1.25 bits per heavy atom. The molecule has 0 heterocycles. The summed E-state index contributed by atoms with van der Waals surface area (Å²) in [6, 6.07) is 8.71. The van der Waals surface area contributed by atoms with Crippen LogP contribution in [0.1, 0.15) is 96.8 Å². The molecule has 0 bridgehead atoms. The summed E-state index contributed by atoms with van der Waals surface area (Å²) in [4.78, 5) is 0. The number of phenols is 1. The van der Waals surface area contributed by atoms with Gasteiger partial charge in [0, 0.05) is 6.61 Å². The zero-order valence-corrected chi connectivity index (χ0v) is 15.9. The molecule has 0 radical (unpaired) electrons. The van der Waals surface area contributed by atoms with Gasteiger partial charge in [-0.3, -0.25) is 0 Å². The number of aliphatic hydroxyl groups is 1. The molecule has 0 amide bonds. The topological polar surface area (TPSA) is 40.5 Å². The van der Waals surface area contributed by atoms with Crippen molar-refractivity contribution in [3.63, 3.8) is 0 Å². The molecule has 0 aliphatic rings. The van der Waals surface area contributed by atoms with Gasteiger partial charge in [-0.2, -0.15) is 0 Å². The average Bonchev–Trinajstić information content (AvgIpc) is 2.60. The summed E-state index contributed by atoms with van der Waals surface area (Å²) in [6.07, 6.45) is 19.2. The molecule has 0 saturated heterocycles. The second-order valence-electron chi connectivity index (χ2n) is 6.66. The Kier molecular flexibility index (Phi) is 19.2. The number of phenolic OH excluding ortho intramolecular Hbond substituents is 1. The molecule has 140 valence electrons. The van der Waals surface area contributed by atoms with Crippen LogP contribution in [0.4, 0.5) is 0 Å². The Morgan fingerprint density at radius 1 is 0.583 bits per heavy atom. The van der Waals surface area contributed by atoms with E-state index in [2.05, 4.69) is 6.92 Å². The molecule has 2 nitrogen and oxygen atoms in total. The van der Waals surface area contributed by atoms with Crippen LogP contribution >= 0.6 is 0 Å². The number of unbranched alkanes of at least 4 members (excludes halogenated alkanes) is 13. The van der Waals surface area contributed by atoms with Crippen LogP contribution in [0.3, 0.4) is 0 Å². The molecule has 0 fully saturated rings. The molecule has 0 atom stereocenters. The molecule has 1 aromatic rings. The van der Waals surface area contributed by atoms with Crippen LogP contribution in [0.5, 0.6) is 5.75 Å². The van der Waals surface area contributed by atoms with E-state index in [0.29, 0.717) is 12.4 Å². The predicted molar refractivity (Wildman–Crippen MR) is 106 cm³/mol. The largest absolute Gasteiger partial charge is 0.508 e. The van der Waals surface area contributed by atoms with E-state index in [-0.39, 0.29) is 0 Å². The first-order chi connectivity index (χ1) is 11.8. The summed E-state index contributed by atoms with van der Waals surface area (Å²) >= 11 is 0. The SMILES string of the molecule is CCCCCCCCCCCCCCCCO.Oc1ccccc1. The van der Waals surface area contributed by atoms with Gasteiger partial charge in [0.05, 0.1) is 0 Å². The second kappa shape index (κ2) is 20.0. The Bertz CT molecular complexity index is 310. The van der Waals surface area contributed by atoms with Gasteiger partial charge in [0.2, 0.25) is 0 Å². The normalized spacial score (nSPS) is 10.2. The third-order valence-electron chi connectivity index (χ3n) is 4.27. The highest BCUT2D eigenvalue weighted by Gasteiger charge is 1.93. The first-order valence-electron chi connectivity index (χ1n) is 10.2. The zero-order chi connectivity index (χ0) is 17.7. The van der Waals surface area contributed by atoms with E-state index >= 15 is 0 Å². The van der Waals surface area contributed by atoms with E-state index in [0.717, 1.165) is 6.42 Å². The lowest BCUT2D eigenvalue weighted by Crippen LogP contribution is -1.84. The minimum absolute atomic E-state index is 0.322. The predicted octanol–water partition coefficient (Wildman–Crippen LogP) is 6.85. The molecule has 0 unspecified atom stereocenters. The van der Waals surface area contributed by atoms with Crippen LogP contribution in [-0.2, 0) is 0 Å². The summed E-state index contributed by atoms with van der Waals surface area (Å²) in [5.41, 5.74) is 0. The third-order valence-corrected chi connectivity index (χ3v) is 4.27. The summed E-state index contributed by atoms with van der Waals surface area (Å²) in [7, 11) is 0. The van der Waals surface area contributed by atoms with Crippen LogP contribution in [0.25, 0.3) is 0 Å². The summed E-state index contributed by atoms with van der Waals surface area (Å²) in [5, 5.41) is 17.3. The van der Waals surface area contributed by atoms with Crippen molar-refractivity contribution < 1.29 is 10.2 Å². The van der Waals surface area contributed by atoms with Crippen molar-refractivity contribution in [2.75, 3.05) is 6.61 Å². The third kappa shape index (κ3) is 19.0. The van der Waals surface area contributed by atoms with Gasteiger partial charge in [0.1, 0.15) is 5.75 Å². The lowest BCUT2D eigenvalue weighted by Gasteiger charge is -2.02. The van der Waals surface area contributed by atoms with E-state index in [1.165, 1.54) is 83.5 Å². The maximum absolute atomic E-state index is 8.64. The van der Waals surface area contributed by atoms with Gasteiger partial charge in [-0.15, -0.1) is 0 Å². The first-order valence-corrected chi connectivity index (χ1v) is 10.2. The van der Waals surface area contributed by atoms with Crippen molar-refractivity contribution in [3.05, 3.63) is 30.3 Å². The fraction of sp³-hybridized carbons (Fsp3) is 0.727. The monoisotopic (exact) mass is 336 g/mol. The van der Waals surface area contributed by atoms with Crippen molar-refractivity contribution >= 4 is 0 Å². The van der Waals surface area contributed by atoms with Crippen molar-refractivity contribution in [2.45, 2.75) is 96.8 Å². The molecule has 0 aliphatic carbocycles. The van der Waals surface area contributed by atoms with Gasteiger partial charge in [0.25, 0.3) is 0 Å². The van der Waals surface area contributed by atoms with Crippen LogP contribution in [-0.4, -0.2) is 16.8 Å². The van der Waals surface area contributed by atoms with Gasteiger partial charge < -0.3 is 10.2 Å². The summed E-state index contributed by atoms with van der Waals surface area (Å²) in [6.45, 7) is 2.65. The molecule has 2 heteroatoms. The number of hydrogen-bond donors (Lipinski definition) is 2. The number of para-hydroxylation sites is 1. The number of aliphatic hydroxyl groups excluding tert-OH is 1. The van der Waals surface area contributed by atoms with Crippen molar-refractivity contribution in [1.82, 2.24) is 0 Å². The van der Waals surface area contributed by atoms with E-state index < -0.39 is 0 Å². The number of aromatic hydroxyl groups is 1. The highest BCUT2D eigenvalue weighted by Crippen LogP contribution is 2.12. The fourth-order valence-electron chi connectivity index (χ4n) is 2.73. The molecule has 0 aliphatic heterocycles.